The first-order chi connectivity index (χ1) is 9.61. The fourth-order valence-corrected chi connectivity index (χ4v) is 1.70. The normalized spacial score (nSPS) is 12.7. The molecule has 1 aromatic heterocycles. The molecule has 0 fully saturated rings. The molecule has 0 bridgehead atoms. The average molecular weight is 309 g/mol. The number of alkyl halides is 6. The highest BCUT2D eigenvalue weighted by atomic mass is 19.4. The number of hydrogen-bond acceptors (Lipinski definition) is 2. The molecule has 0 atom stereocenters. The van der Waals surface area contributed by atoms with Crippen LogP contribution in [0.25, 0.3) is 5.69 Å². The molecule has 9 heteroatoms. The molecule has 2 N–H and O–H groups in total. The van der Waals surface area contributed by atoms with Crippen molar-refractivity contribution < 1.29 is 26.3 Å². The Bertz CT molecular complexity index is 641. The largest absolute Gasteiger partial charge is 0.419 e. The molecule has 0 aliphatic carbocycles. The van der Waals surface area contributed by atoms with Gasteiger partial charge in [0.25, 0.3) is 0 Å². The molecule has 2 aromatic rings. The highest BCUT2D eigenvalue weighted by molar-refractivity contribution is 5.41. The van der Waals surface area contributed by atoms with Crippen molar-refractivity contribution in [2.75, 3.05) is 0 Å². The van der Waals surface area contributed by atoms with Gasteiger partial charge in [-0.25, -0.2) is 4.68 Å². The van der Waals surface area contributed by atoms with Crippen LogP contribution in [0.2, 0.25) is 0 Å². The zero-order valence-electron chi connectivity index (χ0n) is 10.3. The molecule has 21 heavy (non-hydrogen) atoms. The van der Waals surface area contributed by atoms with Gasteiger partial charge in [0.1, 0.15) is 0 Å². The summed E-state index contributed by atoms with van der Waals surface area (Å²) in [6, 6.07) is 2.81. The molecular weight excluding hydrogens is 300 g/mol. The Kier molecular flexibility index (Phi) is 3.70. The van der Waals surface area contributed by atoms with Crippen LogP contribution >= 0.6 is 0 Å². The Balaban J connectivity index is 2.51. The van der Waals surface area contributed by atoms with Crippen LogP contribution in [0.15, 0.2) is 30.6 Å². The number of halogens is 6. The predicted octanol–water partition coefficient (Wildman–Crippen LogP) is 3.37. The van der Waals surface area contributed by atoms with Gasteiger partial charge in [-0.2, -0.15) is 31.4 Å². The lowest BCUT2D eigenvalue weighted by Gasteiger charge is -2.11. The van der Waals surface area contributed by atoms with Gasteiger partial charge in [0, 0.05) is 12.7 Å². The molecule has 0 aliphatic heterocycles. The Hall–Kier alpha value is -2.03. The Morgan fingerprint density at radius 3 is 2.05 bits per heavy atom. The van der Waals surface area contributed by atoms with Gasteiger partial charge in [0.2, 0.25) is 0 Å². The molecule has 1 heterocycles. The zero-order chi connectivity index (χ0) is 15.8. The predicted molar refractivity (Wildman–Crippen MR) is 61.5 cm³/mol. The van der Waals surface area contributed by atoms with Crippen LogP contribution in [0.3, 0.4) is 0 Å². The lowest BCUT2D eigenvalue weighted by Crippen LogP contribution is -2.09. The van der Waals surface area contributed by atoms with Crippen molar-refractivity contribution in [3.8, 4) is 5.69 Å². The number of hydrogen-bond donors (Lipinski definition) is 1. The first kappa shape index (κ1) is 15.4. The summed E-state index contributed by atoms with van der Waals surface area (Å²) in [5.41, 5.74) is 3.27. The minimum Gasteiger partial charge on any atom is -0.326 e. The standard InChI is InChI=1S/C12H9F6N3/c13-11(14,15)8-1-7(4-19)2-10(3-8)21-6-9(5-20-21)12(16,17)18/h1-3,5-6H,4,19H2. The second kappa shape index (κ2) is 5.06. The van der Waals surface area contributed by atoms with E-state index in [4.69, 9.17) is 5.73 Å². The molecule has 114 valence electrons. The Labute approximate surface area is 115 Å². The average Bonchev–Trinajstić information content (AvgIpc) is 2.86. The summed E-state index contributed by atoms with van der Waals surface area (Å²) in [7, 11) is 0. The van der Waals surface area contributed by atoms with Crippen molar-refractivity contribution >= 4 is 0 Å². The maximum absolute atomic E-state index is 12.7. The fourth-order valence-electron chi connectivity index (χ4n) is 1.70. The number of nitrogens with zero attached hydrogens (tertiary/aromatic N) is 2. The van der Waals surface area contributed by atoms with Crippen LogP contribution in [-0.2, 0) is 18.9 Å². The third-order valence-corrected chi connectivity index (χ3v) is 2.72. The SMILES string of the molecule is NCc1cc(-n2cc(C(F)(F)F)cn2)cc(C(F)(F)F)c1. The molecule has 1 aromatic carbocycles. The van der Waals surface area contributed by atoms with Crippen molar-refractivity contribution in [3.63, 3.8) is 0 Å². The van der Waals surface area contributed by atoms with Crippen LogP contribution in [0, 0.1) is 0 Å². The van der Waals surface area contributed by atoms with Crippen molar-refractivity contribution in [1.82, 2.24) is 9.78 Å². The van der Waals surface area contributed by atoms with E-state index in [1.54, 1.807) is 0 Å². The van der Waals surface area contributed by atoms with E-state index in [-0.39, 0.29) is 17.8 Å². The third kappa shape index (κ3) is 3.35. The van der Waals surface area contributed by atoms with Crippen molar-refractivity contribution in [3.05, 3.63) is 47.3 Å². The number of aromatic nitrogens is 2. The summed E-state index contributed by atoms with van der Waals surface area (Å²) < 4.78 is 76.4. The molecule has 0 saturated carbocycles. The van der Waals surface area contributed by atoms with Crippen molar-refractivity contribution in [2.24, 2.45) is 5.73 Å². The van der Waals surface area contributed by atoms with E-state index in [0.717, 1.165) is 10.7 Å². The summed E-state index contributed by atoms with van der Waals surface area (Å²) in [6.45, 7) is -0.176. The van der Waals surface area contributed by atoms with Crippen LogP contribution in [0.5, 0.6) is 0 Å². The van der Waals surface area contributed by atoms with Gasteiger partial charge < -0.3 is 5.73 Å². The molecule has 0 spiro atoms. The fraction of sp³-hybridized carbons (Fsp3) is 0.250. The summed E-state index contributed by atoms with van der Waals surface area (Å²) in [4.78, 5) is 0. The second-order valence-electron chi connectivity index (χ2n) is 4.26. The molecule has 0 amide bonds. The van der Waals surface area contributed by atoms with Gasteiger partial charge >= 0.3 is 12.4 Å². The van der Waals surface area contributed by atoms with Crippen LogP contribution in [0.1, 0.15) is 16.7 Å². The quantitative estimate of drug-likeness (QED) is 0.864. The first-order valence-corrected chi connectivity index (χ1v) is 5.65. The summed E-state index contributed by atoms with van der Waals surface area (Å²) >= 11 is 0. The summed E-state index contributed by atoms with van der Waals surface area (Å²) in [5.74, 6) is 0. The lowest BCUT2D eigenvalue weighted by molar-refractivity contribution is -0.138. The summed E-state index contributed by atoms with van der Waals surface area (Å²) in [5, 5.41) is 3.44. The molecule has 0 aliphatic rings. The topological polar surface area (TPSA) is 43.8 Å². The van der Waals surface area contributed by atoms with E-state index in [1.807, 2.05) is 0 Å². The highest BCUT2D eigenvalue weighted by Crippen LogP contribution is 2.33. The van der Waals surface area contributed by atoms with Crippen molar-refractivity contribution in [2.45, 2.75) is 18.9 Å². The van der Waals surface area contributed by atoms with Gasteiger partial charge in [0.15, 0.2) is 0 Å². The van der Waals surface area contributed by atoms with Crippen molar-refractivity contribution in [1.29, 1.82) is 0 Å². The lowest BCUT2D eigenvalue weighted by atomic mass is 10.1. The molecule has 3 nitrogen and oxygen atoms in total. The van der Waals surface area contributed by atoms with E-state index < -0.39 is 23.5 Å². The van der Waals surface area contributed by atoms with Gasteiger partial charge in [-0.1, -0.05) is 0 Å². The monoisotopic (exact) mass is 309 g/mol. The van der Waals surface area contributed by atoms with Crippen LogP contribution < -0.4 is 5.73 Å². The van der Waals surface area contributed by atoms with E-state index >= 15 is 0 Å². The van der Waals surface area contributed by atoms with Gasteiger partial charge in [-0.15, -0.1) is 0 Å². The highest BCUT2D eigenvalue weighted by Gasteiger charge is 2.33. The van der Waals surface area contributed by atoms with E-state index in [9.17, 15) is 26.3 Å². The third-order valence-electron chi connectivity index (χ3n) is 2.72. The smallest absolute Gasteiger partial charge is 0.326 e. The van der Waals surface area contributed by atoms with E-state index in [1.165, 1.54) is 6.07 Å². The van der Waals surface area contributed by atoms with Crippen LogP contribution in [0.4, 0.5) is 26.3 Å². The number of nitrogens with two attached hydrogens (primary N) is 1. The number of rotatable bonds is 2. The number of benzene rings is 1. The first-order valence-electron chi connectivity index (χ1n) is 5.65. The maximum atomic E-state index is 12.7. The molecular formula is C12H9F6N3. The minimum atomic E-state index is -4.63. The molecule has 0 saturated heterocycles. The van der Waals surface area contributed by atoms with Gasteiger partial charge in [-0.05, 0) is 23.8 Å². The van der Waals surface area contributed by atoms with Crippen LogP contribution in [-0.4, -0.2) is 9.78 Å². The van der Waals surface area contributed by atoms with E-state index in [0.29, 0.717) is 18.5 Å². The van der Waals surface area contributed by atoms with Gasteiger partial charge in [0.05, 0.1) is 23.0 Å². The summed E-state index contributed by atoms with van der Waals surface area (Å²) in [6.07, 6.45) is -8.07. The molecule has 0 radical (unpaired) electrons. The zero-order valence-corrected chi connectivity index (χ0v) is 10.3. The van der Waals surface area contributed by atoms with E-state index in [2.05, 4.69) is 5.10 Å². The Morgan fingerprint density at radius 1 is 0.952 bits per heavy atom. The maximum Gasteiger partial charge on any atom is 0.419 e. The molecule has 0 unspecified atom stereocenters. The van der Waals surface area contributed by atoms with Gasteiger partial charge in [-0.3, -0.25) is 0 Å². The minimum absolute atomic E-state index is 0.138. The Morgan fingerprint density at radius 2 is 1.57 bits per heavy atom. The molecule has 2 rings (SSSR count). The second-order valence-corrected chi connectivity index (χ2v) is 4.26.